The molecule has 1 aromatic heterocycles. The van der Waals surface area contributed by atoms with Crippen LogP contribution in [0.25, 0.3) is 0 Å². The molecule has 3 rings (SSSR count). The van der Waals surface area contributed by atoms with Crippen LogP contribution in [-0.2, 0) is 11.2 Å². The van der Waals surface area contributed by atoms with Gasteiger partial charge in [-0.05, 0) is 38.5 Å². The van der Waals surface area contributed by atoms with Crippen molar-refractivity contribution in [2.45, 2.75) is 71.4 Å². The fourth-order valence-electron chi connectivity index (χ4n) is 3.45. The van der Waals surface area contributed by atoms with Gasteiger partial charge in [-0.15, -0.1) is 0 Å². The third-order valence-corrected chi connectivity index (χ3v) is 5.22. The Kier molecular flexibility index (Phi) is 5.54. The van der Waals surface area contributed by atoms with Crippen molar-refractivity contribution in [3.63, 3.8) is 0 Å². The fourth-order valence-corrected chi connectivity index (χ4v) is 3.45. The molecule has 24 heavy (non-hydrogen) atoms. The zero-order valence-corrected chi connectivity index (χ0v) is 15.1. The summed E-state index contributed by atoms with van der Waals surface area (Å²) in [6.45, 7) is 8.16. The molecule has 1 N–H and O–H groups in total. The Labute approximate surface area is 144 Å². The van der Waals surface area contributed by atoms with Crippen LogP contribution in [0.5, 0.6) is 0 Å². The first kappa shape index (κ1) is 17.4. The van der Waals surface area contributed by atoms with Crippen LogP contribution >= 0.6 is 0 Å². The molecule has 2 fully saturated rings. The monoisotopic (exact) mass is 334 g/mol. The van der Waals surface area contributed by atoms with E-state index in [4.69, 9.17) is 4.52 Å². The largest absolute Gasteiger partial charge is 0.342 e. The van der Waals surface area contributed by atoms with Gasteiger partial charge in [-0.25, -0.2) is 0 Å². The molecule has 1 aliphatic carbocycles. The van der Waals surface area contributed by atoms with Gasteiger partial charge in [0.25, 0.3) is 0 Å². The van der Waals surface area contributed by atoms with E-state index >= 15 is 0 Å². The Balaban J connectivity index is 1.50. The summed E-state index contributed by atoms with van der Waals surface area (Å²) < 4.78 is 5.41. The quantitative estimate of drug-likeness (QED) is 0.830. The third-order valence-electron chi connectivity index (χ3n) is 5.22. The predicted octanol–water partition coefficient (Wildman–Crippen LogP) is 2.71. The van der Waals surface area contributed by atoms with Crippen LogP contribution in [0.3, 0.4) is 0 Å². The van der Waals surface area contributed by atoms with Crippen molar-refractivity contribution in [1.82, 2.24) is 20.4 Å². The number of aromatic nitrogens is 2. The summed E-state index contributed by atoms with van der Waals surface area (Å²) in [7, 11) is 0. The molecule has 0 aromatic carbocycles. The lowest BCUT2D eigenvalue weighted by atomic mass is 9.93. The summed E-state index contributed by atoms with van der Waals surface area (Å²) >= 11 is 0. The summed E-state index contributed by atoms with van der Waals surface area (Å²) in [5.41, 5.74) is 0. The molecular formula is C18H30N4O2. The van der Waals surface area contributed by atoms with Gasteiger partial charge in [0.2, 0.25) is 11.8 Å². The van der Waals surface area contributed by atoms with Crippen molar-refractivity contribution in [2.75, 3.05) is 13.1 Å². The Morgan fingerprint density at radius 1 is 1.42 bits per heavy atom. The molecule has 1 saturated heterocycles. The molecule has 6 nitrogen and oxygen atoms in total. The second-order valence-corrected chi connectivity index (χ2v) is 7.47. The van der Waals surface area contributed by atoms with E-state index < -0.39 is 0 Å². The SMILES string of the molecule is CCCCc1noc([C@H](C)N[C@H]2CCN(C(=O)C3CC3)C[C@H]2C)n1. The molecule has 1 saturated carbocycles. The van der Waals surface area contributed by atoms with Crippen molar-refractivity contribution in [3.8, 4) is 0 Å². The normalized spacial score (nSPS) is 25.7. The van der Waals surface area contributed by atoms with Gasteiger partial charge in [-0.3, -0.25) is 4.79 Å². The number of nitrogens with one attached hydrogen (secondary N) is 1. The number of nitrogens with zero attached hydrogens (tertiary/aromatic N) is 3. The average Bonchev–Trinajstić information content (AvgIpc) is 3.32. The lowest BCUT2D eigenvalue weighted by Crippen LogP contribution is -2.51. The Morgan fingerprint density at radius 2 is 2.21 bits per heavy atom. The van der Waals surface area contributed by atoms with Gasteiger partial charge in [0, 0.05) is 31.5 Å². The van der Waals surface area contributed by atoms with Gasteiger partial charge in [0.1, 0.15) is 0 Å². The van der Waals surface area contributed by atoms with Crippen molar-refractivity contribution in [2.24, 2.45) is 11.8 Å². The third kappa shape index (κ3) is 4.15. The van der Waals surface area contributed by atoms with Gasteiger partial charge < -0.3 is 14.7 Å². The number of hydrogen-bond acceptors (Lipinski definition) is 5. The van der Waals surface area contributed by atoms with Gasteiger partial charge in [-0.1, -0.05) is 25.4 Å². The Hall–Kier alpha value is -1.43. The summed E-state index contributed by atoms with van der Waals surface area (Å²) in [5, 5.41) is 7.69. The van der Waals surface area contributed by atoms with E-state index in [1.807, 2.05) is 0 Å². The number of amides is 1. The van der Waals surface area contributed by atoms with Crippen molar-refractivity contribution < 1.29 is 9.32 Å². The van der Waals surface area contributed by atoms with Gasteiger partial charge >= 0.3 is 0 Å². The molecule has 6 heteroatoms. The molecule has 1 aliphatic heterocycles. The first-order chi connectivity index (χ1) is 11.6. The predicted molar refractivity (Wildman–Crippen MR) is 91.3 cm³/mol. The minimum absolute atomic E-state index is 0.0472. The first-order valence-electron chi connectivity index (χ1n) is 9.45. The van der Waals surface area contributed by atoms with Gasteiger partial charge in [-0.2, -0.15) is 4.98 Å². The highest BCUT2D eigenvalue weighted by molar-refractivity contribution is 5.81. The molecule has 1 amide bonds. The minimum Gasteiger partial charge on any atom is -0.342 e. The van der Waals surface area contributed by atoms with Crippen molar-refractivity contribution in [1.29, 1.82) is 0 Å². The molecule has 134 valence electrons. The number of piperidine rings is 1. The van der Waals surface area contributed by atoms with E-state index in [0.29, 0.717) is 29.7 Å². The van der Waals surface area contributed by atoms with E-state index in [2.05, 4.69) is 41.1 Å². The summed E-state index contributed by atoms with van der Waals surface area (Å²) in [5.74, 6) is 2.60. The summed E-state index contributed by atoms with van der Waals surface area (Å²) in [4.78, 5) is 18.8. The minimum atomic E-state index is 0.0472. The molecule has 1 aromatic rings. The topological polar surface area (TPSA) is 71.3 Å². The highest BCUT2D eigenvalue weighted by Crippen LogP contribution is 2.32. The number of likely N-dealkylation sites (tertiary alicyclic amines) is 1. The van der Waals surface area contributed by atoms with E-state index in [1.54, 1.807) is 0 Å². The maximum absolute atomic E-state index is 12.2. The summed E-state index contributed by atoms with van der Waals surface area (Å²) in [6.07, 6.45) is 6.25. The molecule has 0 radical (unpaired) electrons. The molecule has 0 spiro atoms. The Bertz CT molecular complexity index is 555. The van der Waals surface area contributed by atoms with Crippen molar-refractivity contribution >= 4 is 5.91 Å². The van der Waals surface area contributed by atoms with E-state index in [-0.39, 0.29) is 6.04 Å². The maximum Gasteiger partial charge on any atom is 0.243 e. The number of carbonyl (C=O) groups is 1. The van der Waals surface area contributed by atoms with E-state index in [0.717, 1.165) is 57.4 Å². The highest BCUT2D eigenvalue weighted by Gasteiger charge is 2.37. The molecule has 0 bridgehead atoms. The van der Waals surface area contributed by atoms with Crippen LogP contribution in [0.2, 0.25) is 0 Å². The van der Waals surface area contributed by atoms with Crippen LogP contribution in [-0.4, -0.2) is 40.1 Å². The van der Waals surface area contributed by atoms with Crippen LogP contribution < -0.4 is 5.32 Å². The zero-order chi connectivity index (χ0) is 17.1. The van der Waals surface area contributed by atoms with Crippen molar-refractivity contribution in [3.05, 3.63) is 11.7 Å². The lowest BCUT2D eigenvalue weighted by Gasteiger charge is -2.38. The van der Waals surface area contributed by atoms with E-state index in [9.17, 15) is 4.79 Å². The first-order valence-corrected chi connectivity index (χ1v) is 9.45. The summed E-state index contributed by atoms with van der Waals surface area (Å²) in [6, 6.07) is 0.431. The average molecular weight is 334 g/mol. The Morgan fingerprint density at radius 3 is 2.88 bits per heavy atom. The number of unbranched alkanes of at least 4 members (excludes halogenated alkanes) is 1. The number of hydrogen-bond donors (Lipinski definition) is 1. The fraction of sp³-hybridized carbons (Fsp3) is 0.833. The number of aryl methyl sites for hydroxylation is 1. The molecule has 3 atom stereocenters. The second-order valence-electron chi connectivity index (χ2n) is 7.47. The molecule has 2 aliphatic rings. The van der Waals surface area contributed by atoms with Crippen LogP contribution in [0.4, 0.5) is 0 Å². The molecular weight excluding hydrogens is 304 g/mol. The standard InChI is InChI=1S/C18H30N4O2/c1-4-5-6-16-20-17(24-21-16)13(3)19-15-9-10-22(11-12(15)2)18(23)14-7-8-14/h12-15,19H,4-11H2,1-3H3/t12-,13+,15+/m1/s1. The smallest absolute Gasteiger partial charge is 0.243 e. The van der Waals surface area contributed by atoms with Crippen LogP contribution in [0.1, 0.15) is 70.6 Å². The van der Waals surface area contributed by atoms with Crippen LogP contribution in [0.15, 0.2) is 4.52 Å². The number of rotatable bonds is 7. The lowest BCUT2D eigenvalue weighted by molar-refractivity contribution is -0.134. The maximum atomic E-state index is 12.2. The highest BCUT2D eigenvalue weighted by atomic mass is 16.5. The second kappa shape index (κ2) is 7.64. The zero-order valence-electron chi connectivity index (χ0n) is 15.1. The molecule has 2 heterocycles. The van der Waals surface area contributed by atoms with Gasteiger partial charge in [0.05, 0.1) is 6.04 Å². The number of carbonyl (C=O) groups excluding carboxylic acids is 1. The van der Waals surface area contributed by atoms with Crippen LogP contribution in [0, 0.1) is 11.8 Å². The molecule has 0 unspecified atom stereocenters. The van der Waals surface area contributed by atoms with E-state index in [1.165, 1.54) is 0 Å². The van der Waals surface area contributed by atoms with Gasteiger partial charge in [0.15, 0.2) is 5.82 Å².